The molecular weight excluding hydrogens is 180 g/mol. The summed E-state index contributed by atoms with van der Waals surface area (Å²) in [4.78, 5) is 0. The SMILES string of the molecule is CSN1CCc2cc(N)ccc2C1. The van der Waals surface area contributed by atoms with Crippen molar-refractivity contribution in [2.75, 3.05) is 18.5 Å². The van der Waals surface area contributed by atoms with E-state index in [4.69, 9.17) is 5.73 Å². The Morgan fingerprint density at radius 1 is 1.38 bits per heavy atom. The lowest BCUT2D eigenvalue weighted by Gasteiger charge is -2.26. The van der Waals surface area contributed by atoms with Gasteiger partial charge in [-0.05, 0) is 35.9 Å². The highest BCUT2D eigenvalue weighted by atomic mass is 32.2. The summed E-state index contributed by atoms with van der Waals surface area (Å²) in [5.41, 5.74) is 9.46. The summed E-state index contributed by atoms with van der Waals surface area (Å²) < 4.78 is 2.37. The van der Waals surface area contributed by atoms with Crippen LogP contribution in [0.2, 0.25) is 0 Å². The summed E-state index contributed by atoms with van der Waals surface area (Å²) in [5.74, 6) is 0. The van der Waals surface area contributed by atoms with Crippen molar-refractivity contribution in [3.05, 3.63) is 29.3 Å². The third kappa shape index (κ3) is 1.81. The Morgan fingerprint density at radius 3 is 3.00 bits per heavy atom. The summed E-state index contributed by atoms with van der Waals surface area (Å²) in [6.07, 6.45) is 3.25. The lowest BCUT2D eigenvalue weighted by atomic mass is 10.0. The van der Waals surface area contributed by atoms with Gasteiger partial charge in [0.2, 0.25) is 0 Å². The number of rotatable bonds is 1. The Bertz CT molecular complexity index is 312. The van der Waals surface area contributed by atoms with Crippen molar-refractivity contribution < 1.29 is 0 Å². The van der Waals surface area contributed by atoms with Crippen LogP contribution in [0.5, 0.6) is 0 Å². The van der Waals surface area contributed by atoms with Crippen LogP contribution in [-0.4, -0.2) is 17.1 Å². The first-order valence-electron chi connectivity index (χ1n) is 4.46. The van der Waals surface area contributed by atoms with Gasteiger partial charge in [-0.25, -0.2) is 4.31 Å². The molecule has 0 unspecified atom stereocenters. The van der Waals surface area contributed by atoms with Crippen LogP contribution in [0.1, 0.15) is 11.1 Å². The largest absolute Gasteiger partial charge is 0.399 e. The van der Waals surface area contributed by atoms with Crippen LogP contribution in [0.25, 0.3) is 0 Å². The predicted octanol–water partition coefficient (Wildman–Crippen LogP) is 1.90. The van der Waals surface area contributed by atoms with Crippen molar-refractivity contribution in [1.82, 2.24) is 4.31 Å². The summed E-state index contributed by atoms with van der Waals surface area (Å²) in [6, 6.07) is 6.24. The number of nitrogen functional groups attached to an aromatic ring is 1. The zero-order valence-corrected chi connectivity index (χ0v) is 8.60. The van der Waals surface area contributed by atoms with Gasteiger partial charge in [-0.1, -0.05) is 18.0 Å². The summed E-state index contributed by atoms with van der Waals surface area (Å²) in [5, 5.41) is 0. The quantitative estimate of drug-likeness (QED) is 0.547. The Labute approximate surface area is 83.2 Å². The van der Waals surface area contributed by atoms with Gasteiger partial charge in [0.05, 0.1) is 0 Å². The molecule has 0 atom stereocenters. The second-order valence-electron chi connectivity index (χ2n) is 3.32. The van der Waals surface area contributed by atoms with E-state index in [1.807, 2.05) is 18.0 Å². The molecule has 2 N–H and O–H groups in total. The van der Waals surface area contributed by atoms with Crippen LogP contribution < -0.4 is 5.73 Å². The Kier molecular flexibility index (Phi) is 2.47. The average Bonchev–Trinajstić information content (AvgIpc) is 2.17. The second-order valence-corrected chi connectivity index (χ2v) is 4.21. The van der Waals surface area contributed by atoms with Crippen LogP contribution in [0, 0.1) is 0 Å². The lowest BCUT2D eigenvalue weighted by Crippen LogP contribution is -2.24. The molecule has 0 saturated carbocycles. The Hall–Kier alpha value is -0.670. The van der Waals surface area contributed by atoms with E-state index in [0.717, 1.165) is 25.2 Å². The Balaban J connectivity index is 2.26. The maximum absolute atomic E-state index is 5.73. The molecule has 1 aromatic rings. The molecule has 0 aliphatic carbocycles. The fourth-order valence-electron chi connectivity index (χ4n) is 1.70. The van der Waals surface area contributed by atoms with Crippen molar-refractivity contribution >= 4 is 17.6 Å². The standard InChI is InChI=1S/C10H14N2S/c1-13-12-5-4-8-6-10(11)3-2-9(8)7-12/h2-3,6H,4-5,7,11H2,1H3. The fraction of sp³-hybridized carbons (Fsp3) is 0.400. The van der Waals surface area contributed by atoms with E-state index < -0.39 is 0 Å². The van der Waals surface area contributed by atoms with E-state index in [2.05, 4.69) is 22.7 Å². The van der Waals surface area contributed by atoms with Crippen molar-refractivity contribution in [3.63, 3.8) is 0 Å². The second kappa shape index (κ2) is 3.60. The molecule has 1 aliphatic heterocycles. The zero-order valence-electron chi connectivity index (χ0n) is 7.79. The maximum Gasteiger partial charge on any atom is 0.0343 e. The molecule has 0 aromatic heterocycles. The van der Waals surface area contributed by atoms with Crippen LogP contribution in [0.15, 0.2) is 18.2 Å². The molecule has 70 valence electrons. The molecule has 0 radical (unpaired) electrons. The Morgan fingerprint density at radius 2 is 2.23 bits per heavy atom. The molecule has 0 bridgehead atoms. The number of anilines is 1. The molecule has 3 heteroatoms. The number of nitrogens with two attached hydrogens (primary N) is 1. The van der Waals surface area contributed by atoms with Gasteiger partial charge in [0.15, 0.2) is 0 Å². The van der Waals surface area contributed by atoms with Gasteiger partial charge in [-0.15, -0.1) is 0 Å². The zero-order chi connectivity index (χ0) is 9.26. The van der Waals surface area contributed by atoms with E-state index in [1.54, 1.807) is 0 Å². The number of fused-ring (bicyclic) bond motifs is 1. The first-order valence-corrected chi connectivity index (χ1v) is 5.64. The van der Waals surface area contributed by atoms with Crippen molar-refractivity contribution in [3.8, 4) is 0 Å². The fourth-order valence-corrected chi connectivity index (χ4v) is 2.24. The number of benzene rings is 1. The van der Waals surface area contributed by atoms with Crippen LogP contribution in [0.4, 0.5) is 5.69 Å². The van der Waals surface area contributed by atoms with Gasteiger partial charge >= 0.3 is 0 Å². The molecule has 0 spiro atoms. The first kappa shape index (κ1) is 8.91. The van der Waals surface area contributed by atoms with Crippen LogP contribution >= 0.6 is 11.9 Å². The number of hydrogen-bond donors (Lipinski definition) is 1. The third-order valence-corrected chi connectivity index (χ3v) is 3.29. The molecule has 1 heterocycles. The highest BCUT2D eigenvalue weighted by Gasteiger charge is 2.14. The van der Waals surface area contributed by atoms with E-state index in [0.29, 0.717) is 0 Å². The summed E-state index contributed by atoms with van der Waals surface area (Å²) in [6.45, 7) is 2.19. The minimum atomic E-state index is 0.886. The van der Waals surface area contributed by atoms with Gasteiger partial charge < -0.3 is 5.73 Å². The van der Waals surface area contributed by atoms with E-state index >= 15 is 0 Å². The molecule has 0 fully saturated rings. The molecule has 2 nitrogen and oxygen atoms in total. The van der Waals surface area contributed by atoms with Gasteiger partial charge in [0.25, 0.3) is 0 Å². The smallest absolute Gasteiger partial charge is 0.0343 e. The molecule has 13 heavy (non-hydrogen) atoms. The highest BCUT2D eigenvalue weighted by molar-refractivity contribution is 7.96. The third-order valence-electron chi connectivity index (χ3n) is 2.47. The monoisotopic (exact) mass is 194 g/mol. The summed E-state index contributed by atoms with van der Waals surface area (Å²) >= 11 is 1.82. The first-order chi connectivity index (χ1) is 6.29. The predicted molar refractivity (Wildman–Crippen MR) is 58.5 cm³/mol. The molecule has 2 rings (SSSR count). The van der Waals surface area contributed by atoms with Crippen molar-refractivity contribution in [2.24, 2.45) is 0 Å². The van der Waals surface area contributed by atoms with Gasteiger partial charge in [-0.2, -0.15) is 0 Å². The van der Waals surface area contributed by atoms with E-state index in [1.165, 1.54) is 11.1 Å². The average molecular weight is 194 g/mol. The molecule has 0 amide bonds. The normalized spacial score (nSPS) is 17.0. The number of nitrogens with zero attached hydrogens (tertiary/aromatic N) is 1. The molecule has 0 saturated heterocycles. The van der Waals surface area contributed by atoms with Crippen LogP contribution in [0.3, 0.4) is 0 Å². The van der Waals surface area contributed by atoms with Gasteiger partial charge in [0.1, 0.15) is 0 Å². The topological polar surface area (TPSA) is 29.3 Å². The minimum absolute atomic E-state index is 0.886. The summed E-state index contributed by atoms with van der Waals surface area (Å²) in [7, 11) is 0. The van der Waals surface area contributed by atoms with E-state index in [9.17, 15) is 0 Å². The van der Waals surface area contributed by atoms with Crippen LogP contribution in [-0.2, 0) is 13.0 Å². The highest BCUT2D eigenvalue weighted by Crippen LogP contribution is 2.24. The van der Waals surface area contributed by atoms with Gasteiger partial charge in [-0.3, -0.25) is 0 Å². The van der Waals surface area contributed by atoms with Crippen molar-refractivity contribution in [1.29, 1.82) is 0 Å². The lowest BCUT2D eigenvalue weighted by molar-refractivity contribution is 0.446. The molecular formula is C10H14N2S. The number of hydrogen-bond acceptors (Lipinski definition) is 3. The van der Waals surface area contributed by atoms with Crippen molar-refractivity contribution in [2.45, 2.75) is 13.0 Å². The maximum atomic E-state index is 5.73. The minimum Gasteiger partial charge on any atom is -0.399 e. The molecule has 1 aliphatic rings. The molecule has 1 aromatic carbocycles. The van der Waals surface area contributed by atoms with E-state index in [-0.39, 0.29) is 0 Å². The van der Waals surface area contributed by atoms with Gasteiger partial charge in [0, 0.05) is 18.8 Å².